The first kappa shape index (κ1) is 31.5. The van der Waals surface area contributed by atoms with Gasteiger partial charge in [-0.15, -0.1) is 23.5 Å². The van der Waals surface area contributed by atoms with Crippen molar-refractivity contribution in [1.29, 1.82) is 0 Å². The molecule has 0 N–H and O–H groups in total. The standard InChI is InChI=1S/C16H14N2OS.C16H16N2S.O2Se/c1-10(2)20-14-8-12(9-19)18-16-13(14)6-5-11-4-3-7-17-15(11)16;1-10(2)19-14-9-11(3)18-16-13(14)7-6-12-5-4-8-17-15(12)16;1-3-2/h3-10H,1-2H3;4-10H,1-3H3;. The van der Waals surface area contributed by atoms with Crippen molar-refractivity contribution in [2.75, 3.05) is 0 Å². The molecule has 6 rings (SSSR count). The van der Waals surface area contributed by atoms with Gasteiger partial charge in [-0.2, -0.15) is 0 Å². The van der Waals surface area contributed by atoms with Gasteiger partial charge in [-0.25, -0.2) is 4.98 Å². The van der Waals surface area contributed by atoms with Crippen LogP contribution in [0.2, 0.25) is 0 Å². The summed E-state index contributed by atoms with van der Waals surface area (Å²) in [6, 6.07) is 20.4. The van der Waals surface area contributed by atoms with Crippen LogP contribution in [0.5, 0.6) is 0 Å². The molecule has 0 unspecified atom stereocenters. The van der Waals surface area contributed by atoms with Crippen molar-refractivity contribution in [2.45, 2.75) is 54.9 Å². The molecule has 0 spiro atoms. The molecule has 6 aromatic rings. The fraction of sp³-hybridized carbons (Fsp3) is 0.219. The molecule has 0 aliphatic carbocycles. The average molecular weight is 662 g/mol. The number of aryl methyl sites for hydroxylation is 1. The van der Waals surface area contributed by atoms with E-state index in [1.807, 2.05) is 49.1 Å². The van der Waals surface area contributed by atoms with E-state index in [-0.39, 0.29) is 0 Å². The fourth-order valence-electron chi connectivity index (χ4n) is 4.50. The van der Waals surface area contributed by atoms with E-state index in [0.29, 0.717) is 16.2 Å². The number of rotatable bonds is 5. The van der Waals surface area contributed by atoms with Crippen LogP contribution in [0.15, 0.2) is 82.8 Å². The number of thioether (sulfide) groups is 2. The molecule has 4 heterocycles. The van der Waals surface area contributed by atoms with Crippen LogP contribution in [0.1, 0.15) is 43.9 Å². The summed E-state index contributed by atoms with van der Waals surface area (Å²) in [5.41, 5.74) is 5.17. The zero-order valence-corrected chi connectivity index (χ0v) is 27.2. The Kier molecular flexibility index (Phi) is 11.0. The Morgan fingerprint density at radius 1 is 0.690 bits per heavy atom. The molecule has 0 atom stereocenters. The number of carbonyl (C=O) groups is 1. The molecule has 0 saturated carbocycles. The summed E-state index contributed by atoms with van der Waals surface area (Å²) in [7, 11) is 0. The Balaban J connectivity index is 0.000000177. The van der Waals surface area contributed by atoms with E-state index in [9.17, 15) is 4.79 Å². The average Bonchev–Trinajstić information content (AvgIpc) is 2.97. The van der Waals surface area contributed by atoms with Crippen LogP contribution in [0.3, 0.4) is 0 Å². The van der Waals surface area contributed by atoms with Gasteiger partial charge in [0, 0.05) is 59.9 Å². The van der Waals surface area contributed by atoms with Gasteiger partial charge in [0.05, 0.1) is 22.1 Å². The Morgan fingerprint density at radius 2 is 1.17 bits per heavy atom. The molecule has 0 fully saturated rings. The topological polar surface area (TPSA) is 103 Å². The van der Waals surface area contributed by atoms with E-state index in [4.69, 9.17) is 12.7 Å². The fourth-order valence-corrected chi connectivity index (χ4v) is 6.52. The number of pyridine rings is 4. The third-order valence-electron chi connectivity index (χ3n) is 6.02. The van der Waals surface area contributed by atoms with Crippen LogP contribution in [0, 0.1) is 6.92 Å². The molecule has 42 heavy (non-hydrogen) atoms. The summed E-state index contributed by atoms with van der Waals surface area (Å²) in [6.45, 7) is 10.7. The number of carbonyl (C=O) groups excluding carboxylic acids is 1. The van der Waals surface area contributed by atoms with Crippen molar-refractivity contribution >= 4 is 88.2 Å². The van der Waals surface area contributed by atoms with E-state index in [1.165, 1.54) is 10.3 Å². The van der Waals surface area contributed by atoms with Crippen LogP contribution in [-0.2, 0) is 7.67 Å². The normalized spacial score (nSPS) is 10.9. The van der Waals surface area contributed by atoms with E-state index >= 15 is 0 Å². The number of aromatic nitrogens is 4. The quantitative estimate of drug-likeness (QED) is 0.0785. The van der Waals surface area contributed by atoms with Gasteiger partial charge in [-0.3, -0.25) is 19.7 Å². The Morgan fingerprint density at radius 3 is 1.64 bits per heavy atom. The van der Waals surface area contributed by atoms with E-state index in [1.54, 1.807) is 18.0 Å². The predicted molar refractivity (Wildman–Crippen MR) is 173 cm³/mol. The van der Waals surface area contributed by atoms with Gasteiger partial charge in [0.25, 0.3) is 0 Å². The first-order valence-electron chi connectivity index (χ1n) is 13.3. The number of benzene rings is 2. The summed E-state index contributed by atoms with van der Waals surface area (Å²) >= 11 is 2.00. The molecule has 0 saturated heterocycles. The van der Waals surface area contributed by atoms with Crippen LogP contribution in [-0.4, -0.2) is 51.5 Å². The number of hydrogen-bond acceptors (Lipinski definition) is 9. The Bertz CT molecular complexity index is 1930. The van der Waals surface area contributed by atoms with Crippen molar-refractivity contribution in [3.63, 3.8) is 0 Å². The van der Waals surface area contributed by atoms with Crippen molar-refractivity contribution in [3.8, 4) is 0 Å². The van der Waals surface area contributed by atoms with Gasteiger partial charge in [-0.1, -0.05) is 64.1 Å². The monoisotopic (exact) mass is 662 g/mol. The molecule has 7 nitrogen and oxygen atoms in total. The number of hydrogen-bond donors (Lipinski definition) is 0. The minimum atomic E-state index is -1.62. The number of fused-ring (bicyclic) bond motifs is 6. The first-order chi connectivity index (χ1) is 20.2. The second-order valence-corrected chi connectivity index (χ2v) is 13.4. The summed E-state index contributed by atoms with van der Waals surface area (Å²) in [5.74, 6) is 0. The molecule has 10 heteroatoms. The maximum absolute atomic E-state index is 11.1. The summed E-state index contributed by atoms with van der Waals surface area (Å²) in [5, 5.41) is 5.45. The van der Waals surface area contributed by atoms with Gasteiger partial charge in [0.1, 0.15) is 5.69 Å². The van der Waals surface area contributed by atoms with E-state index < -0.39 is 14.8 Å². The molecule has 0 bridgehead atoms. The molecule has 0 aliphatic rings. The molecule has 4 aromatic heterocycles. The zero-order chi connectivity index (χ0) is 30.2. The Labute approximate surface area is 258 Å². The van der Waals surface area contributed by atoms with Gasteiger partial charge in [0.15, 0.2) is 6.29 Å². The van der Waals surface area contributed by atoms with Crippen LogP contribution in [0.25, 0.3) is 43.6 Å². The van der Waals surface area contributed by atoms with Crippen LogP contribution in [0.4, 0.5) is 0 Å². The van der Waals surface area contributed by atoms with Crippen molar-refractivity contribution in [2.24, 2.45) is 0 Å². The molecule has 214 valence electrons. The van der Waals surface area contributed by atoms with Crippen LogP contribution < -0.4 is 0 Å². The second kappa shape index (κ2) is 14.6. The second-order valence-electron chi connectivity index (χ2n) is 9.90. The third-order valence-corrected chi connectivity index (χ3v) is 8.15. The van der Waals surface area contributed by atoms with E-state index in [0.717, 1.165) is 55.1 Å². The predicted octanol–water partition coefficient (Wildman–Crippen LogP) is 8.07. The van der Waals surface area contributed by atoms with Gasteiger partial charge >= 0.3 is 22.5 Å². The number of aldehydes is 1. The third kappa shape index (κ3) is 7.49. The van der Waals surface area contributed by atoms with Crippen LogP contribution >= 0.6 is 23.5 Å². The maximum atomic E-state index is 11.1. The molecule has 0 radical (unpaired) electrons. The molecule has 2 aromatic carbocycles. The van der Waals surface area contributed by atoms with Gasteiger partial charge in [-0.05, 0) is 31.2 Å². The minimum absolute atomic E-state index is 0.444. The molecular formula is C32H30N4O3S2Se. The Hall–Kier alpha value is -3.43. The van der Waals surface area contributed by atoms with E-state index in [2.05, 4.69) is 79.0 Å². The van der Waals surface area contributed by atoms with Gasteiger partial charge in [0.2, 0.25) is 0 Å². The van der Waals surface area contributed by atoms with Gasteiger partial charge < -0.3 is 0 Å². The first-order valence-corrected chi connectivity index (χ1v) is 16.4. The summed E-state index contributed by atoms with van der Waals surface area (Å²) < 4.78 is 16.9. The number of nitrogens with zero attached hydrogens (tertiary/aromatic N) is 4. The zero-order valence-electron chi connectivity index (χ0n) is 23.9. The summed E-state index contributed by atoms with van der Waals surface area (Å²) in [6.07, 6.45) is 4.39. The van der Waals surface area contributed by atoms with Crippen molar-refractivity contribution in [3.05, 3.63) is 84.4 Å². The molecular weight excluding hydrogens is 631 g/mol. The SMILES string of the molecule is CC(C)Sc1cc(C=O)nc2c1ccc1cccnc12.Cc1cc(SC(C)C)c2ccc3cccnc3c2n1.O=[Se]=O. The molecule has 0 aliphatic heterocycles. The summed E-state index contributed by atoms with van der Waals surface area (Å²) in [4.78, 5) is 31.6. The molecule has 0 amide bonds. The van der Waals surface area contributed by atoms with Crippen molar-refractivity contribution < 1.29 is 12.5 Å². The van der Waals surface area contributed by atoms with Crippen molar-refractivity contribution in [1.82, 2.24) is 19.9 Å².